The molecule has 1 N–H and O–H groups in total. The number of aromatic nitrogens is 1. The fourth-order valence-electron chi connectivity index (χ4n) is 2.51. The highest BCUT2D eigenvalue weighted by atomic mass is 16.5. The Morgan fingerprint density at radius 2 is 2.16 bits per heavy atom. The Morgan fingerprint density at radius 1 is 1.32 bits per heavy atom. The molecule has 0 saturated heterocycles. The van der Waals surface area contributed by atoms with E-state index in [9.17, 15) is 0 Å². The largest absolute Gasteiger partial charge is 0.380 e. The molecule has 1 aliphatic carbocycles. The Balaban J connectivity index is 1.81. The summed E-state index contributed by atoms with van der Waals surface area (Å²) in [7, 11) is 0. The highest BCUT2D eigenvalue weighted by Gasteiger charge is 2.20. The zero-order chi connectivity index (χ0) is 13.1. The summed E-state index contributed by atoms with van der Waals surface area (Å²) < 4.78 is 7.90. The van der Waals surface area contributed by atoms with Gasteiger partial charge in [0, 0.05) is 36.9 Å². The number of benzene rings is 1. The molecular formula is C16H22N2O. The van der Waals surface area contributed by atoms with Crippen molar-refractivity contribution in [2.24, 2.45) is 0 Å². The molecule has 3 nitrogen and oxygen atoms in total. The number of nitrogens with zero attached hydrogens (tertiary/aromatic N) is 1. The second-order valence-corrected chi connectivity index (χ2v) is 5.20. The number of fused-ring (bicyclic) bond motifs is 1. The van der Waals surface area contributed by atoms with Crippen molar-refractivity contribution in [3.8, 4) is 0 Å². The van der Waals surface area contributed by atoms with Gasteiger partial charge < -0.3 is 14.6 Å². The molecule has 3 heteroatoms. The number of para-hydroxylation sites is 1. The second-order valence-electron chi connectivity index (χ2n) is 5.20. The Kier molecular flexibility index (Phi) is 3.85. The van der Waals surface area contributed by atoms with E-state index in [1.54, 1.807) is 0 Å². The van der Waals surface area contributed by atoms with Gasteiger partial charge in [-0.2, -0.15) is 0 Å². The smallest absolute Gasteiger partial charge is 0.0645 e. The fourth-order valence-corrected chi connectivity index (χ4v) is 2.51. The van der Waals surface area contributed by atoms with Crippen LogP contribution in [0, 0.1) is 0 Å². The number of nitrogens with one attached hydrogen (secondary N) is 1. The molecule has 19 heavy (non-hydrogen) atoms. The molecule has 2 aromatic rings. The zero-order valence-corrected chi connectivity index (χ0v) is 11.6. The lowest BCUT2D eigenvalue weighted by molar-refractivity contribution is 0.139. The lowest BCUT2D eigenvalue weighted by Gasteiger charge is -2.11. The molecule has 0 bridgehead atoms. The minimum atomic E-state index is 0.748. The molecule has 1 saturated carbocycles. The van der Waals surface area contributed by atoms with Crippen LogP contribution >= 0.6 is 0 Å². The molecule has 1 aliphatic rings. The van der Waals surface area contributed by atoms with E-state index in [0.717, 1.165) is 32.3 Å². The van der Waals surface area contributed by atoms with E-state index in [1.165, 1.54) is 29.4 Å². The van der Waals surface area contributed by atoms with E-state index >= 15 is 0 Å². The van der Waals surface area contributed by atoms with Crippen molar-refractivity contribution in [3.05, 3.63) is 36.0 Å². The molecule has 0 radical (unpaired) electrons. The van der Waals surface area contributed by atoms with Gasteiger partial charge in [-0.15, -0.1) is 0 Å². The van der Waals surface area contributed by atoms with Crippen LogP contribution in [0.1, 0.15) is 25.5 Å². The Morgan fingerprint density at radius 3 is 2.95 bits per heavy atom. The van der Waals surface area contributed by atoms with Crippen LogP contribution in [-0.2, 0) is 17.8 Å². The van der Waals surface area contributed by atoms with Crippen LogP contribution in [0.2, 0.25) is 0 Å². The first kappa shape index (κ1) is 12.7. The topological polar surface area (TPSA) is 26.2 Å². The van der Waals surface area contributed by atoms with Gasteiger partial charge in [-0.3, -0.25) is 0 Å². The second kappa shape index (κ2) is 5.76. The summed E-state index contributed by atoms with van der Waals surface area (Å²) in [6.45, 7) is 5.51. The van der Waals surface area contributed by atoms with Gasteiger partial charge in [-0.05, 0) is 37.3 Å². The highest BCUT2D eigenvalue weighted by molar-refractivity contribution is 5.81. The molecule has 1 aromatic heterocycles. The van der Waals surface area contributed by atoms with Gasteiger partial charge >= 0.3 is 0 Å². The molecule has 0 atom stereocenters. The predicted molar refractivity (Wildman–Crippen MR) is 78.3 cm³/mol. The third-order valence-electron chi connectivity index (χ3n) is 3.71. The maximum Gasteiger partial charge on any atom is 0.0645 e. The van der Waals surface area contributed by atoms with Crippen LogP contribution in [0.25, 0.3) is 10.9 Å². The fraction of sp³-hybridized carbons (Fsp3) is 0.500. The van der Waals surface area contributed by atoms with E-state index in [4.69, 9.17) is 4.74 Å². The molecule has 1 fully saturated rings. The van der Waals surface area contributed by atoms with Crippen molar-refractivity contribution in [2.45, 2.75) is 38.9 Å². The van der Waals surface area contributed by atoms with Crippen molar-refractivity contribution in [3.63, 3.8) is 0 Å². The molecular weight excluding hydrogens is 236 g/mol. The average Bonchev–Trinajstić information content (AvgIpc) is 3.20. The van der Waals surface area contributed by atoms with E-state index in [2.05, 4.69) is 40.2 Å². The molecule has 102 valence electrons. The van der Waals surface area contributed by atoms with Crippen LogP contribution in [0.3, 0.4) is 0 Å². The average molecular weight is 258 g/mol. The minimum absolute atomic E-state index is 0.748. The minimum Gasteiger partial charge on any atom is -0.380 e. The SMILES string of the molecule is CCOCCn1c(CNC2CC2)cc2ccccc21. The first-order valence-corrected chi connectivity index (χ1v) is 7.26. The molecule has 0 aliphatic heterocycles. The zero-order valence-electron chi connectivity index (χ0n) is 11.6. The summed E-state index contributed by atoms with van der Waals surface area (Å²) in [4.78, 5) is 0. The van der Waals surface area contributed by atoms with Gasteiger partial charge in [-0.1, -0.05) is 18.2 Å². The van der Waals surface area contributed by atoms with E-state index in [0.29, 0.717) is 0 Å². The number of ether oxygens (including phenoxy) is 1. The van der Waals surface area contributed by atoms with Crippen LogP contribution in [-0.4, -0.2) is 23.8 Å². The van der Waals surface area contributed by atoms with Gasteiger partial charge in [-0.25, -0.2) is 0 Å². The first-order chi connectivity index (χ1) is 9.38. The molecule has 1 heterocycles. The number of hydrogen-bond acceptors (Lipinski definition) is 2. The maximum absolute atomic E-state index is 5.51. The van der Waals surface area contributed by atoms with Gasteiger partial charge in [0.1, 0.15) is 0 Å². The lowest BCUT2D eigenvalue weighted by Crippen LogP contribution is -2.19. The van der Waals surface area contributed by atoms with E-state index in [1.807, 2.05) is 6.92 Å². The van der Waals surface area contributed by atoms with Crippen molar-refractivity contribution in [1.82, 2.24) is 9.88 Å². The summed E-state index contributed by atoms with van der Waals surface area (Å²) in [6, 6.07) is 11.6. The van der Waals surface area contributed by atoms with Crippen molar-refractivity contribution >= 4 is 10.9 Å². The monoisotopic (exact) mass is 258 g/mol. The molecule has 1 aromatic carbocycles. The van der Waals surface area contributed by atoms with E-state index < -0.39 is 0 Å². The quantitative estimate of drug-likeness (QED) is 0.773. The summed E-state index contributed by atoms with van der Waals surface area (Å²) >= 11 is 0. The predicted octanol–water partition coefficient (Wildman–Crippen LogP) is 2.93. The van der Waals surface area contributed by atoms with Gasteiger partial charge in [0.25, 0.3) is 0 Å². The van der Waals surface area contributed by atoms with Crippen LogP contribution < -0.4 is 5.32 Å². The van der Waals surface area contributed by atoms with Gasteiger partial charge in [0.15, 0.2) is 0 Å². The first-order valence-electron chi connectivity index (χ1n) is 7.26. The summed E-state index contributed by atoms with van der Waals surface area (Å²) in [6.07, 6.45) is 2.67. The summed E-state index contributed by atoms with van der Waals surface area (Å²) in [5.74, 6) is 0. The van der Waals surface area contributed by atoms with Crippen molar-refractivity contribution < 1.29 is 4.74 Å². The highest BCUT2D eigenvalue weighted by Crippen LogP contribution is 2.22. The van der Waals surface area contributed by atoms with Crippen LogP contribution in [0.5, 0.6) is 0 Å². The Bertz CT molecular complexity index is 543. The van der Waals surface area contributed by atoms with Gasteiger partial charge in [0.2, 0.25) is 0 Å². The molecule has 0 spiro atoms. The van der Waals surface area contributed by atoms with Crippen molar-refractivity contribution in [1.29, 1.82) is 0 Å². The maximum atomic E-state index is 5.51. The van der Waals surface area contributed by atoms with Crippen LogP contribution in [0.4, 0.5) is 0 Å². The van der Waals surface area contributed by atoms with Gasteiger partial charge in [0.05, 0.1) is 6.61 Å². The van der Waals surface area contributed by atoms with Crippen molar-refractivity contribution in [2.75, 3.05) is 13.2 Å². The summed E-state index contributed by atoms with van der Waals surface area (Å²) in [5, 5.41) is 4.93. The third kappa shape index (κ3) is 2.99. The Labute approximate surface area is 114 Å². The Hall–Kier alpha value is -1.32. The standard InChI is InChI=1S/C16H22N2O/c1-2-19-10-9-18-15(12-17-14-7-8-14)11-13-5-3-4-6-16(13)18/h3-6,11,14,17H,2,7-10,12H2,1H3. The number of hydrogen-bond donors (Lipinski definition) is 1. The van der Waals surface area contributed by atoms with Crippen LogP contribution in [0.15, 0.2) is 30.3 Å². The lowest BCUT2D eigenvalue weighted by atomic mass is 10.2. The molecule has 0 unspecified atom stereocenters. The normalized spacial score (nSPS) is 15.2. The summed E-state index contributed by atoms with van der Waals surface area (Å²) in [5.41, 5.74) is 2.68. The molecule has 3 rings (SSSR count). The third-order valence-corrected chi connectivity index (χ3v) is 3.71. The van der Waals surface area contributed by atoms with E-state index in [-0.39, 0.29) is 0 Å². The number of rotatable bonds is 7. The molecule has 0 amide bonds.